The second-order valence-electron chi connectivity index (χ2n) is 6.47. The van der Waals surface area contributed by atoms with E-state index in [0.29, 0.717) is 0 Å². The van der Waals surface area contributed by atoms with Gasteiger partial charge in [0, 0.05) is 16.2 Å². The van der Waals surface area contributed by atoms with Crippen molar-refractivity contribution in [3.63, 3.8) is 0 Å². The molecule has 0 aliphatic rings. The molecule has 5 rings (SSSR count). The number of aryl methyl sites for hydroxylation is 1. The van der Waals surface area contributed by atoms with Gasteiger partial charge in [-0.15, -0.1) is 0 Å². The van der Waals surface area contributed by atoms with Crippen molar-refractivity contribution in [1.29, 1.82) is 0 Å². The molecule has 1 aromatic heterocycles. The van der Waals surface area contributed by atoms with Crippen LogP contribution < -0.4 is 5.43 Å². The first kappa shape index (κ1) is 14.2. The van der Waals surface area contributed by atoms with Gasteiger partial charge in [-0.3, -0.25) is 4.79 Å². The van der Waals surface area contributed by atoms with E-state index in [0.717, 1.165) is 44.3 Å². The number of hydrogen-bond acceptors (Lipinski definition) is 2. The lowest BCUT2D eigenvalue weighted by Gasteiger charge is -2.12. The summed E-state index contributed by atoms with van der Waals surface area (Å²) >= 11 is 0. The van der Waals surface area contributed by atoms with Crippen molar-refractivity contribution in [2.24, 2.45) is 0 Å². The predicted molar refractivity (Wildman–Crippen MR) is 104 cm³/mol. The number of hydrogen-bond donors (Lipinski definition) is 0. The topological polar surface area (TPSA) is 30.2 Å². The summed E-state index contributed by atoms with van der Waals surface area (Å²) in [5, 5.41) is 7.56. The zero-order valence-corrected chi connectivity index (χ0v) is 13.9. The van der Waals surface area contributed by atoms with E-state index in [1.54, 1.807) is 18.4 Å². The third-order valence-electron chi connectivity index (χ3n) is 5.05. The smallest absolute Gasteiger partial charge is 0.179 e. The maximum Gasteiger partial charge on any atom is 0.179 e. The van der Waals surface area contributed by atoms with Gasteiger partial charge in [-0.25, -0.2) is 0 Å². The molecule has 0 unspecified atom stereocenters. The lowest BCUT2D eigenvalue weighted by Crippen LogP contribution is -1.96. The summed E-state index contributed by atoms with van der Waals surface area (Å²) in [4.78, 5) is 12.0. The minimum atomic E-state index is 0.0218. The summed E-state index contributed by atoms with van der Waals surface area (Å²) < 4.78 is 6.06. The minimum Gasteiger partial charge on any atom is -0.463 e. The van der Waals surface area contributed by atoms with Crippen LogP contribution in [0.2, 0.25) is 0 Å². The fourth-order valence-electron chi connectivity index (χ4n) is 3.79. The Balaban J connectivity index is 2.18. The highest BCUT2D eigenvalue weighted by Crippen LogP contribution is 2.38. The maximum absolute atomic E-state index is 12.0. The molecule has 4 aromatic carbocycles. The van der Waals surface area contributed by atoms with E-state index in [2.05, 4.69) is 43.3 Å². The molecule has 0 bridgehead atoms. The molecule has 5 aromatic rings. The van der Waals surface area contributed by atoms with Crippen molar-refractivity contribution < 1.29 is 4.42 Å². The summed E-state index contributed by atoms with van der Waals surface area (Å²) in [7, 11) is 0. The summed E-state index contributed by atoms with van der Waals surface area (Å²) in [5.74, 6) is 0. The zero-order valence-electron chi connectivity index (χ0n) is 13.9. The molecule has 0 aliphatic heterocycles. The summed E-state index contributed by atoms with van der Waals surface area (Å²) in [6.07, 6.45) is 2.77. The first-order valence-electron chi connectivity index (χ1n) is 8.55. The van der Waals surface area contributed by atoms with Gasteiger partial charge in [0.25, 0.3) is 0 Å². The van der Waals surface area contributed by atoms with Crippen LogP contribution in [0.1, 0.15) is 12.5 Å². The molecule has 25 heavy (non-hydrogen) atoms. The van der Waals surface area contributed by atoms with Crippen LogP contribution in [0.3, 0.4) is 0 Å². The highest BCUT2D eigenvalue weighted by molar-refractivity contribution is 6.29. The van der Waals surface area contributed by atoms with Gasteiger partial charge in [0.15, 0.2) is 5.43 Å². The average Bonchev–Trinajstić information content (AvgIpc) is 2.67. The van der Waals surface area contributed by atoms with Crippen molar-refractivity contribution in [2.75, 3.05) is 0 Å². The Morgan fingerprint density at radius 1 is 0.800 bits per heavy atom. The van der Waals surface area contributed by atoms with Crippen molar-refractivity contribution in [1.82, 2.24) is 0 Å². The molecule has 0 spiro atoms. The molecule has 0 fully saturated rings. The van der Waals surface area contributed by atoms with Crippen LogP contribution in [-0.2, 0) is 6.42 Å². The van der Waals surface area contributed by atoms with Crippen molar-refractivity contribution in [3.05, 3.63) is 82.7 Å². The molecule has 2 nitrogen and oxygen atoms in total. The fourth-order valence-corrected chi connectivity index (χ4v) is 3.79. The zero-order chi connectivity index (χ0) is 17.0. The third-order valence-corrected chi connectivity index (χ3v) is 5.05. The van der Waals surface area contributed by atoms with E-state index in [9.17, 15) is 4.79 Å². The SMILES string of the molecule is CCc1ccc2c3cc(=O)ccc3c3occ4ccccc4c3c2c1. The Labute approximate surface area is 144 Å². The number of fused-ring (bicyclic) bond motifs is 8. The fraction of sp³-hybridized carbons (Fsp3) is 0.0870. The van der Waals surface area contributed by atoms with Gasteiger partial charge >= 0.3 is 0 Å². The average molecular weight is 324 g/mol. The summed E-state index contributed by atoms with van der Waals surface area (Å²) in [5.41, 5.74) is 2.14. The van der Waals surface area contributed by atoms with Gasteiger partial charge in [0.2, 0.25) is 0 Å². The maximum atomic E-state index is 12.0. The van der Waals surface area contributed by atoms with Crippen LogP contribution in [0.25, 0.3) is 43.3 Å². The predicted octanol–water partition coefficient (Wildman–Crippen LogP) is 5.82. The van der Waals surface area contributed by atoms with Crippen LogP contribution in [-0.4, -0.2) is 0 Å². The molecule has 0 aliphatic carbocycles. The van der Waals surface area contributed by atoms with Crippen LogP contribution >= 0.6 is 0 Å². The van der Waals surface area contributed by atoms with Crippen LogP contribution in [0.5, 0.6) is 0 Å². The van der Waals surface area contributed by atoms with Crippen molar-refractivity contribution in [2.45, 2.75) is 13.3 Å². The van der Waals surface area contributed by atoms with Crippen LogP contribution in [0.15, 0.2) is 76.1 Å². The highest BCUT2D eigenvalue weighted by Gasteiger charge is 2.13. The Kier molecular flexibility index (Phi) is 2.95. The van der Waals surface area contributed by atoms with Gasteiger partial charge in [0.05, 0.1) is 6.26 Å². The number of rotatable bonds is 1. The monoisotopic (exact) mass is 324 g/mol. The summed E-state index contributed by atoms with van der Waals surface area (Å²) in [6, 6.07) is 20.0. The van der Waals surface area contributed by atoms with E-state index in [1.165, 1.54) is 10.9 Å². The van der Waals surface area contributed by atoms with E-state index in [4.69, 9.17) is 4.42 Å². The van der Waals surface area contributed by atoms with Gasteiger partial charge in [-0.1, -0.05) is 49.4 Å². The van der Waals surface area contributed by atoms with Gasteiger partial charge in [-0.2, -0.15) is 0 Å². The Hall–Kier alpha value is -3.13. The van der Waals surface area contributed by atoms with Crippen LogP contribution in [0.4, 0.5) is 0 Å². The first-order chi connectivity index (χ1) is 12.3. The standard InChI is InChI=1S/C23H16O2/c1-2-14-7-9-18-20-12-16(24)8-10-19(20)23-22(21(18)11-14)17-6-4-3-5-15(17)13-25-23/h3-13H,2H2,1H3. The van der Waals surface area contributed by atoms with Crippen LogP contribution in [0, 0.1) is 0 Å². The van der Waals surface area contributed by atoms with E-state index in [-0.39, 0.29) is 5.43 Å². The second kappa shape index (κ2) is 5.18. The molecule has 0 atom stereocenters. The number of benzene rings is 4. The lowest BCUT2D eigenvalue weighted by molar-refractivity contribution is 0.614. The highest BCUT2D eigenvalue weighted by atomic mass is 16.3. The third kappa shape index (κ3) is 2.01. The molecule has 120 valence electrons. The molecular formula is C23H16O2. The largest absolute Gasteiger partial charge is 0.463 e. The normalized spacial score (nSPS) is 11.7. The van der Waals surface area contributed by atoms with E-state index < -0.39 is 0 Å². The molecule has 2 heteroatoms. The van der Waals surface area contributed by atoms with Crippen molar-refractivity contribution in [3.8, 4) is 0 Å². The van der Waals surface area contributed by atoms with Gasteiger partial charge < -0.3 is 4.42 Å². The van der Waals surface area contributed by atoms with Gasteiger partial charge in [0.1, 0.15) is 5.58 Å². The van der Waals surface area contributed by atoms with Crippen molar-refractivity contribution >= 4 is 43.3 Å². The quantitative estimate of drug-likeness (QED) is 0.364. The Morgan fingerprint density at radius 2 is 1.64 bits per heavy atom. The summed E-state index contributed by atoms with van der Waals surface area (Å²) in [6.45, 7) is 2.16. The van der Waals surface area contributed by atoms with Gasteiger partial charge in [-0.05, 0) is 51.7 Å². The second-order valence-corrected chi connectivity index (χ2v) is 6.47. The Bertz CT molecular complexity index is 1340. The molecule has 0 radical (unpaired) electrons. The minimum absolute atomic E-state index is 0.0218. The lowest BCUT2D eigenvalue weighted by atomic mass is 9.93. The molecular weight excluding hydrogens is 308 g/mol. The first-order valence-corrected chi connectivity index (χ1v) is 8.55. The molecule has 1 heterocycles. The van der Waals surface area contributed by atoms with E-state index in [1.807, 2.05) is 12.1 Å². The van der Waals surface area contributed by atoms with E-state index >= 15 is 0 Å². The molecule has 0 N–H and O–H groups in total. The molecule has 0 saturated carbocycles. The Morgan fingerprint density at radius 3 is 2.52 bits per heavy atom. The molecule has 0 amide bonds. The molecule has 0 saturated heterocycles.